The van der Waals surface area contributed by atoms with E-state index in [1.807, 2.05) is 68.5 Å². The van der Waals surface area contributed by atoms with Crippen molar-refractivity contribution >= 4 is 29.3 Å². The van der Waals surface area contributed by atoms with Gasteiger partial charge in [-0.15, -0.1) is 0 Å². The van der Waals surface area contributed by atoms with E-state index in [2.05, 4.69) is 29.9 Å². The second-order valence-corrected chi connectivity index (χ2v) is 8.51. The molecule has 1 aliphatic heterocycles. The van der Waals surface area contributed by atoms with Crippen molar-refractivity contribution in [1.29, 1.82) is 0 Å². The van der Waals surface area contributed by atoms with Crippen LogP contribution in [-0.2, 0) is 16.0 Å². The van der Waals surface area contributed by atoms with Gasteiger partial charge in [0.2, 0.25) is 11.8 Å². The van der Waals surface area contributed by atoms with E-state index in [0.29, 0.717) is 0 Å². The summed E-state index contributed by atoms with van der Waals surface area (Å²) in [6.45, 7) is 6.15. The maximum atomic E-state index is 12.1. The largest absolute Gasteiger partial charge is 0.273 e. The smallest absolute Gasteiger partial charge is 0.242 e. The molecule has 0 radical (unpaired) electrons. The monoisotopic (exact) mass is 433 g/mol. The molecule has 3 rings (SSSR count). The van der Waals surface area contributed by atoms with E-state index in [0.717, 1.165) is 27.4 Å². The van der Waals surface area contributed by atoms with Crippen LogP contribution >= 0.6 is 11.8 Å². The van der Waals surface area contributed by atoms with Crippen LogP contribution < -0.4 is 10.9 Å². The summed E-state index contributed by atoms with van der Waals surface area (Å²) in [4.78, 5) is 31.1. The number of nitrogens with zero attached hydrogens (tertiary/aromatic N) is 1. The lowest BCUT2D eigenvalue weighted by Gasteiger charge is -2.13. The summed E-state index contributed by atoms with van der Waals surface area (Å²) >= 11 is 1.73. The van der Waals surface area contributed by atoms with Gasteiger partial charge in [0.25, 0.3) is 0 Å². The van der Waals surface area contributed by atoms with E-state index in [-0.39, 0.29) is 30.6 Å². The molecular weight excluding hydrogens is 406 g/mol. The first-order valence-corrected chi connectivity index (χ1v) is 11.1. The van der Waals surface area contributed by atoms with E-state index in [9.17, 15) is 9.59 Å². The number of carbonyl (C=O) groups excluding carboxylic acids is 2. The number of nitrogens with one attached hydrogen (secondary N) is 2. The van der Waals surface area contributed by atoms with Gasteiger partial charge in [0.1, 0.15) is 0 Å². The summed E-state index contributed by atoms with van der Waals surface area (Å²) in [5, 5.41) is 0. The van der Waals surface area contributed by atoms with Crippen molar-refractivity contribution in [2.75, 3.05) is 0 Å². The molecule has 2 N–H and O–H groups in total. The minimum Gasteiger partial charge on any atom is -0.273 e. The number of hydrazine groups is 1. The average molecular weight is 434 g/mol. The number of allylic oxidation sites excluding steroid dienone is 3. The Morgan fingerprint density at radius 2 is 1.68 bits per heavy atom. The van der Waals surface area contributed by atoms with E-state index < -0.39 is 0 Å². The third kappa shape index (κ3) is 6.43. The highest BCUT2D eigenvalue weighted by Gasteiger charge is 2.18. The van der Waals surface area contributed by atoms with Crippen LogP contribution in [0.2, 0.25) is 0 Å². The molecule has 1 unspecified atom stereocenters. The maximum Gasteiger partial charge on any atom is 0.242 e. The van der Waals surface area contributed by atoms with Gasteiger partial charge in [0.05, 0.1) is 6.42 Å². The first kappa shape index (κ1) is 22.6. The molecule has 1 atom stereocenters. The highest BCUT2D eigenvalue weighted by Crippen LogP contribution is 2.39. The number of carbonyl (C=O) groups is 2. The maximum absolute atomic E-state index is 12.1. The van der Waals surface area contributed by atoms with Gasteiger partial charge in [-0.3, -0.25) is 25.4 Å². The molecule has 0 saturated carbocycles. The number of benzene rings is 2. The van der Waals surface area contributed by atoms with Crippen LogP contribution in [0.25, 0.3) is 0 Å². The molecule has 2 amide bonds. The van der Waals surface area contributed by atoms with Gasteiger partial charge in [-0.05, 0) is 25.5 Å². The molecule has 5 nitrogen and oxygen atoms in total. The fourth-order valence-corrected chi connectivity index (χ4v) is 4.49. The second kappa shape index (κ2) is 10.8. The third-order valence-electron chi connectivity index (χ3n) is 4.88. The molecule has 1 aliphatic rings. The van der Waals surface area contributed by atoms with Crippen molar-refractivity contribution in [3.8, 4) is 0 Å². The molecule has 0 aliphatic carbocycles. The molecule has 6 heteroatoms. The van der Waals surface area contributed by atoms with Crippen LogP contribution in [0.1, 0.15) is 38.3 Å². The molecule has 0 saturated heterocycles. The first-order chi connectivity index (χ1) is 14.9. The number of amides is 2. The fraction of sp³-hybridized carbons (Fsp3) is 0.240. The summed E-state index contributed by atoms with van der Waals surface area (Å²) in [6, 6.07) is 17.7. The van der Waals surface area contributed by atoms with Crippen molar-refractivity contribution in [2.45, 2.75) is 38.5 Å². The Kier molecular flexibility index (Phi) is 7.84. The van der Waals surface area contributed by atoms with Crippen LogP contribution in [-0.4, -0.2) is 17.5 Å². The molecule has 0 spiro atoms. The van der Waals surface area contributed by atoms with E-state index >= 15 is 0 Å². The van der Waals surface area contributed by atoms with Crippen molar-refractivity contribution in [2.24, 2.45) is 10.9 Å². The van der Waals surface area contributed by atoms with Crippen molar-refractivity contribution < 1.29 is 9.59 Å². The molecule has 2 aromatic rings. The SMILES string of the molecule is CC1=NC(C)=C(C(C)/C=C\CC(=O)NNC(=O)Cc2ccccc2)Sc2ccccc21. The van der Waals surface area contributed by atoms with Crippen LogP contribution in [0, 0.1) is 5.92 Å². The fourth-order valence-electron chi connectivity index (χ4n) is 3.32. The van der Waals surface area contributed by atoms with Gasteiger partial charge in [-0.1, -0.05) is 79.4 Å². The summed E-state index contributed by atoms with van der Waals surface area (Å²) in [6.07, 6.45) is 4.25. The third-order valence-corrected chi connectivity index (χ3v) is 6.34. The number of aliphatic imine (C=N–C) groups is 1. The van der Waals surface area contributed by atoms with Gasteiger partial charge in [-0.2, -0.15) is 0 Å². The number of hydrogen-bond acceptors (Lipinski definition) is 4. The van der Waals surface area contributed by atoms with Gasteiger partial charge >= 0.3 is 0 Å². The van der Waals surface area contributed by atoms with Crippen molar-refractivity contribution in [1.82, 2.24) is 10.9 Å². The minimum atomic E-state index is -0.261. The molecule has 1 heterocycles. The van der Waals surface area contributed by atoms with Gasteiger partial charge in [-0.25, -0.2) is 0 Å². The normalized spacial score (nSPS) is 14.5. The summed E-state index contributed by atoms with van der Waals surface area (Å²) in [7, 11) is 0. The predicted molar refractivity (Wildman–Crippen MR) is 127 cm³/mol. The second-order valence-electron chi connectivity index (χ2n) is 7.42. The standard InChI is InChI=1S/C25H27N3O2S/c1-17(25-19(3)26-18(2)21-13-7-8-14-22(21)31-25)10-9-15-23(29)27-28-24(30)16-20-11-5-4-6-12-20/h4-14,17H,15-16H2,1-3H3,(H,27,29)(H,28,30)/b10-9-. The molecule has 2 aromatic carbocycles. The molecule has 0 fully saturated rings. The van der Waals surface area contributed by atoms with Gasteiger partial charge in [0.15, 0.2) is 0 Å². The van der Waals surface area contributed by atoms with E-state index in [4.69, 9.17) is 4.99 Å². The number of rotatable bonds is 6. The first-order valence-electron chi connectivity index (χ1n) is 10.3. The molecule has 0 bridgehead atoms. The number of thioether (sulfide) groups is 1. The average Bonchev–Trinajstić information content (AvgIpc) is 2.89. The minimum absolute atomic E-state index is 0.119. The predicted octanol–water partition coefficient (Wildman–Crippen LogP) is 4.81. The lowest BCUT2D eigenvalue weighted by Crippen LogP contribution is -2.42. The topological polar surface area (TPSA) is 70.6 Å². The number of hydrogen-bond donors (Lipinski definition) is 2. The van der Waals surface area contributed by atoms with E-state index in [1.54, 1.807) is 11.8 Å². The Morgan fingerprint density at radius 1 is 1.00 bits per heavy atom. The van der Waals surface area contributed by atoms with Crippen molar-refractivity contribution in [3.05, 3.63) is 88.5 Å². The molecule has 31 heavy (non-hydrogen) atoms. The van der Waals surface area contributed by atoms with Crippen LogP contribution in [0.3, 0.4) is 0 Å². The lowest BCUT2D eigenvalue weighted by molar-refractivity contribution is -0.128. The number of fused-ring (bicyclic) bond motifs is 1. The Bertz CT molecular complexity index is 1040. The lowest BCUT2D eigenvalue weighted by atomic mass is 10.1. The summed E-state index contributed by atoms with van der Waals surface area (Å²) in [5.74, 6) is -0.393. The zero-order valence-electron chi connectivity index (χ0n) is 18.0. The Labute approximate surface area is 187 Å². The van der Waals surface area contributed by atoms with Crippen LogP contribution in [0.15, 0.2) is 87.2 Å². The Hall–Kier alpha value is -3.12. The van der Waals surface area contributed by atoms with E-state index in [1.165, 1.54) is 4.90 Å². The van der Waals surface area contributed by atoms with Crippen LogP contribution in [0.5, 0.6) is 0 Å². The molecule has 160 valence electrons. The molecular formula is C25H27N3O2S. The van der Waals surface area contributed by atoms with Gasteiger partial charge in [0, 0.05) is 39.1 Å². The Balaban J connectivity index is 1.52. The highest BCUT2D eigenvalue weighted by atomic mass is 32.2. The van der Waals surface area contributed by atoms with Crippen molar-refractivity contribution in [3.63, 3.8) is 0 Å². The summed E-state index contributed by atoms with van der Waals surface area (Å²) in [5.41, 5.74) is 8.98. The zero-order valence-corrected chi connectivity index (χ0v) is 18.8. The zero-order chi connectivity index (χ0) is 22.2. The van der Waals surface area contributed by atoms with Crippen LogP contribution in [0.4, 0.5) is 0 Å². The summed E-state index contributed by atoms with van der Waals surface area (Å²) < 4.78 is 0. The quantitative estimate of drug-likeness (QED) is 0.508. The Morgan fingerprint density at radius 3 is 2.45 bits per heavy atom. The molecule has 0 aromatic heterocycles. The highest BCUT2D eigenvalue weighted by molar-refractivity contribution is 8.03. The van der Waals surface area contributed by atoms with Gasteiger partial charge < -0.3 is 0 Å².